The van der Waals surface area contributed by atoms with E-state index in [9.17, 15) is 4.89 Å². The van der Waals surface area contributed by atoms with Crippen LogP contribution in [0.1, 0.15) is 0 Å². The van der Waals surface area contributed by atoms with E-state index in [4.69, 9.17) is 0 Å². The number of hydrogen-bond acceptors (Lipinski definition) is 3. The summed E-state index contributed by atoms with van der Waals surface area (Å²) in [7, 11) is -1.62. The van der Waals surface area contributed by atoms with Crippen LogP contribution in [-0.4, -0.2) is 11.6 Å². The first-order chi connectivity index (χ1) is 6.38. The fraction of sp³-hybridized carbons (Fsp3) is 0. The zero-order valence-electron chi connectivity index (χ0n) is 6.66. The van der Waals surface area contributed by atoms with Gasteiger partial charge in [0.1, 0.15) is 19.3 Å². The Balaban J connectivity index is 2.43. The summed E-state index contributed by atoms with van der Waals surface area (Å²) in [6.45, 7) is 0. The van der Waals surface area contributed by atoms with E-state index in [1.165, 1.54) is 6.21 Å². The highest BCUT2D eigenvalue weighted by Gasteiger charge is 2.12. The Hall–Kier alpha value is -1.38. The molecule has 0 bridgehead atoms. The van der Waals surface area contributed by atoms with E-state index in [0.717, 1.165) is 5.30 Å². The van der Waals surface area contributed by atoms with Gasteiger partial charge in [-0.05, 0) is 17.4 Å². The molecule has 0 saturated carbocycles. The van der Waals surface area contributed by atoms with Gasteiger partial charge in [0, 0.05) is 0 Å². The van der Waals surface area contributed by atoms with Crippen LogP contribution in [0.5, 0.6) is 0 Å². The Morgan fingerprint density at radius 3 is 2.54 bits per heavy atom. The molecule has 0 aliphatic carbocycles. The second kappa shape index (κ2) is 3.56. The summed E-state index contributed by atoms with van der Waals surface area (Å²) >= 11 is 0. The first-order valence-corrected chi connectivity index (χ1v) is 4.97. The fourth-order valence-electron chi connectivity index (χ4n) is 0.964. The van der Waals surface area contributed by atoms with E-state index in [1.807, 2.05) is 18.2 Å². The van der Waals surface area contributed by atoms with E-state index >= 15 is 0 Å². The molecule has 0 spiro atoms. The van der Waals surface area contributed by atoms with Crippen LogP contribution >= 0.6 is 7.77 Å². The number of benzene rings is 1. The zero-order chi connectivity index (χ0) is 9.10. The average Bonchev–Trinajstić information content (AvgIpc) is 2.71. The summed E-state index contributed by atoms with van der Waals surface area (Å²) in [6, 6.07) is 9.15. The number of hydrogen-bond donors (Lipinski definition) is 0. The van der Waals surface area contributed by atoms with Crippen LogP contribution in [0.2, 0.25) is 0 Å². The van der Waals surface area contributed by atoms with Gasteiger partial charge in [-0.1, -0.05) is 23.3 Å². The molecule has 2 rings (SSSR count). The molecule has 0 amide bonds. The summed E-state index contributed by atoms with van der Waals surface area (Å²) in [4.78, 5) is 11.7. The molecule has 0 saturated heterocycles. The lowest BCUT2D eigenvalue weighted by molar-refractivity contribution is -0.149. The highest BCUT2D eigenvalue weighted by molar-refractivity contribution is 7.61. The molecule has 13 heavy (non-hydrogen) atoms. The molecular weight excluding hydrogens is 185 g/mol. The van der Waals surface area contributed by atoms with Crippen LogP contribution in [-0.2, 0) is 0 Å². The Bertz CT molecular complexity index is 383. The van der Waals surface area contributed by atoms with Crippen molar-refractivity contribution < 1.29 is 4.89 Å². The van der Waals surface area contributed by atoms with Gasteiger partial charge in [0.15, 0.2) is 0 Å². The predicted octanol–water partition coefficient (Wildman–Crippen LogP) is 0.651. The molecule has 1 aromatic rings. The van der Waals surface area contributed by atoms with Gasteiger partial charge in [0.05, 0.1) is 0 Å². The third-order valence-corrected chi connectivity index (χ3v) is 2.96. The van der Waals surface area contributed by atoms with Crippen molar-refractivity contribution in [3.8, 4) is 0 Å². The van der Waals surface area contributed by atoms with Crippen molar-refractivity contribution in [1.29, 1.82) is 0 Å². The highest BCUT2D eigenvalue weighted by atomic mass is 31.1. The Labute approximate surface area is 76.1 Å². The summed E-state index contributed by atoms with van der Waals surface area (Å²) in [6.07, 6.45) is 1.42. The summed E-state index contributed by atoms with van der Waals surface area (Å²) in [5, 5.41) is 11.3. The molecule has 4 nitrogen and oxygen atoms in total. The number of rotatable bonds is 1. The van der Waals surface area contributed by atoms with Crippen LogP contribution in [0.25, 0.3) is 0 Å². The van der Waals surface area contributed by atoms with Crippen LogP contribution in [0.15, 0.2) is 45.8 Å². The molecule has 64 valence electrons. The lowest BCUT2D eigenvalue weighted by Crippen LogP contribution is -2.10. The maximum atomic E-state index is 11.7. The zero-order valence-corrected chi connectivity index (χ0v) is 7.56. The third-order valence-electron chi connectivity index (χ3n) is 1.57. The van der Waals surface area contributed by atoms with Crippen LogP contribution in [0, 0.1) is 0 Å². The summed E-state index contributed by atoms with van der Waals surface area (Å²) in [5.74, 6) is 0. The first-order valence-electron chi connectivity index (χ1n) is 3.71. The maximum absolute atomic E-state index is 11.7. The van der Waals surface area contributed by atoms with Gasteiger partial charge < -0.3 is 4.89 Å². The Kier molecular flexibility index (Phi) is 2.25. The molecule has 1 aliphatic heterocycles. The first kappa shape index (κ1) is 8.23. The molecule has 1 aromatic carbocycles. The van der Waals surface area contributed by atoms with Gasteiger partial charge in [-0.25, -0.2) is 0 Å². The topological polar surface area (TPSA) is 60.1 Å². The quantitative estimate of drug-likeness (QED) is 0.601. The molecule has 0 N–H and O–H groups in total. The minimum Gasteiger partial charge on any atom is -0.624 e. The van der Waals surface area contributed by atoms with Gasteiger partial charge in [-0.15, -0.1) is 5.10 Å². The van der Waals surface area contributed by atoms with E-state index in [2.05, 4.69) is 15.4 Å². The second-order valence-corrected chi connectivity index (χ2v) is 3.99. The fourth-order valence-corrected chi connectivity index (χ4v) is 1.95. The van der Waals surface area contributed by atoms with Crippen molar-refractivity contribution in [2.24, 2.45) is 15.4 Å². The summed E-state index contributed by atoms with van der Waals surface area (Å²) in [5.41, 5.74) is 0.432. The van der Waals surface area contributed by atoms with Gasteiger partial charge >= 0.3 is 0 Å². The number of nitrogens with zero attached hydrogens (tertiary/aromatic N) is 3. The van der Waals surface area contributed by atoms with Crippen molar-refractivity contribution in [2.45, 2.75) is 0 Å². The molecule has 1 heterocycles. The van der Waals surface area contributed by atoms with E-state index in [-0.39, 0.29) is 0 Å². The molecule has 0 radical (unpaired) electrons. The normalized spacial score (nSPS) is 17.9. The van der Waals surface area contributed by atoms with Crippen molar-refractivity contribution >= 4 is 24.7 Å². The van der Waals surface area contributed by atoms with E-state index in [0.29, 0.717) is 5.42 Å². The van der Waals surface area contributed by atoms with Crippen molar-refractivity contribution in [3.63, 3.8) is 0 Å². The lowest BCUT2D eigenvalue weighted by atomic mass is 10.4. The molecule has 1 atom stereocenters. The Morgan fingerprint density at radius 2 is 1.92 bits per heavy atom. The standard InChI is InChI=1S/C8H6N3OP/c12-13(8-6-9-11-10-8)7-4-2-1-3-5-7/h1-6H. The molecule has 0 aromatic heterocycles. The predicted molar refractivity (Wildman–Crippen MR) is 51.4 cm³/mol. The molecule has 1 aliphatic rings. The highest BCUT2D eigenvalue weighted by Crippen LogP contribution is 2.15. The third kappa shape index (κ3) is 1.69. The van der Waals surface area contributed by atoms with Gasteiger partial charge in [0.2, 0.25) is 0 Å². The van der Waals surface area contributed by atoms with Crippen LogP contribution < -0.4 is 10.2 Å². The lowest BCUT2D eigenvalue weighted by Gasteiger charge is -1.95. The maximum Gasteiger partial charge on any atom is 0.276 e. The van der Waals surface area contributed by atoms with Crippen LogP contribution in [0.4, 0.5) is 0 Å². The summed E-state index contributed by atoms with van der Waals surface area (Å²) < 4.78 is 0. The van der Waals surface area contributed by atoms with Gasteiger partial charge in [-0.3, -0.25) is 0 Å². The monoisotopic (exact) mass is 191 g/mol. The largest absolute Gasteiger partial charge is 0.624 e. The smallest absolute Gasteiger partial charge is 0.276 e. The van der Waals surface area contributed by atoms with Crippen molar-refractivity contribution in [2.75, 3.05) is 0 Å². The van der Waals surface area contributed by atoms with Crippen molar-refractivity contribution in [1.82, 2.24) is 0 Å². The Morgan fingerprint density at radius 1 is 1.15 bits per heavy atom. The molecule has 1 unspecified atom stereocenters. The molecule has 5 heteroatoms. The van der Waals surface area contributed by atoms with Crippen LogP contribution in [0.3, 0.4) is 0 Å². The minimum atomic E-state index is -1.62. The molecular formula is C8H6N3OP. The van der Waals surface area contributed by atoms with Gasteiger partial charge in [0.25, 0.3) is 5.42 Å². The van der Waals surface area contributed by atoms with Gasteiger partial charge in [-0.2, -0.15) is 0 Å². The van der Waals surface area contributed by atoms with E-state index in [1.54, 1.807) is 12.1 Å². The minimum absolute atomic E-state index is 0.432. The SMILES string of the molecule is [O-]/[P+](=C1\C=NN=N1)c1ccccc1. The molecule has 0 fully saturated rings. The second-order valence-electron chi connectivity index (χ2n) is 2.42. The van der Waals surface area contributed by atoms with Crippen molar-refractivity contribution in [3.05, 3.63) is 30.3 Å². The average molecular weight is 191 g/mol. The van der Waals surface area contributed by atoms with E-state index < -0.39 is 7.77 Å².